The molecule has 1 N–H and O–H groups in total. The summed E-state index contributed by atoms with van der Waals surface area (Å²) in [6.07, 6.45) is 2.57. The van der Waals surface area contributed by atoms with Gasteiger partial charge in [0, 0.05) is 18.1 Å². The Balaban J connectivity index is 2.02. The van der Waals surface area contributed by atoms with Crippen LogP contribution in [0.4, 0.5) is 4.39 Å². The minimum absolute atomic E-state index is 0.0877. The lowest BCUT2D eigenvalue weighted by Gasteiger charge is -2.06. The molecule has 2 heterocycles. The molecule has 0 aliphatic carbocycles. The van der Waals surface area contributed by atoms with Gasteiger partial charge in [0.15, 0.2) is 5.65 Å². The van der Waals surface area contributed by atoms with Crippen molar-refractivity contribution in [2.45, 2.75) is 26.8 Å². The van der Waals surface area contributed by atoms with Crippen LogP contribution in [-0.4, -0.2) is 27.2 Å². The summed E-state index contributed by atoms with van der Waals surface area (Å²) in [6.45, 7) is 4.66. The van der Waals surface area contributed by atoms with Crippen molar-refractivity contribution in [2.24, 2.45) is 0 Å². The lowest BCUT2D eigenvalue weighted by molar-refractivity contribution is -0.121. The number of aromatic nitrogens is 3. The third kappa shape index (κ3) is 3.13. The van der Waals surface area contributed by atoms with Crippen molar-refractivity contribution in [1.29, 1.82) is 0 Å². The molecule has 3 aromatic rings. The van der Waals surface area contributed by atoms with Gasteiger partial charge >= 0.3 is 0 Å². The summed E-state index contributed by atoms with van der Waals surface area (Å²) in [5.74, 6) is -0.362. The van der Waals surface area contributed by atoms with E-state index in [0.29, 0.717) is 12.2 Å². The predicted molar refractivity (Wildman–Crippen MR) is 91.0 cm³/mol. The Hall–Kier alpha value is -2.76. The van der Waals surface area contributed by atoms with Crippen molar-refractivity contribution in [3.8, 4) is 11.1 Å². The molecule has 5 nitrogen and oxygen atoms in total. The van der Waals surface area contributed by atoms with Crippen molar-refractivity contribution < 1.29 is 9.18 Å². The first-order valence-corrected chi connectivity index (χ1v) is 7.95. The number of carbonyl (C=O) groups excluding carboxylic acids is 1. The first-order chi connectivity index (χ1) is 11.6. The van der Waals surface area contributed by atoms with E-state index in [4.69, 9.17) is 0 Å². The summed E-state index contributed by atoms with van der Waals surface area (Å²) >= 11 is 0. The maximum Gasteiger partial charge on any atom is 0.241 e. The average Bonchev–Trinajstić information content (AvgIpc) is 2.90. The Morgan fingerprint density at radius 2 is 2.00 bits per heavy atom. The molecule has 0 spiro atoms. The molecule has 2 aromatic heterocycles. The Kier molecular flexibility index (Phi) is 4.55. The number of hydrogen-bond donors (Lipinski definition) is 1. The number of halogens is 1. The number of aryl methyl sites for hydroxylation is 1. The fourth-order valence-corrected chi connectivity index (χ4v) is 2.72. The third-order valence-corrected chi connectivity index (χ3v) is 3.83. The van der Waals surface area contributed by atoms with Crippen LogP contribution in [0.25, 0.3) is 22.2 Å². The smallest absolute Gasteiger partial charge is 0.241 e. The molecule has 0 radical (unpaired) electrons. The van der Waals surface area contributed by atoms with Crippen LogP contribution in [0, 0.1) is 12.7 Å². The minimum Gasteiger partial charge on any atom is -0.355 e. The van der Waals surface area contributed by atoms with Crippen LogP contribution in [0.5, 0.6) is 0 Å². The first kappa shape index (κ1) is 16.1. The summed E-state index contributed by atoms with van der Waals surface area (Å²) in [5.41, 5.74) is 3.27. The zero-order valence-electron chi connectivity index (χ0n) is 13.7. The van der Waals surface area contributed by atoms with E-state index >= 15 is 0 Å². The number of amides is 1. The summed E-state index contributed by atoms with van der Waals surface area (Å²) in [6, 6.07) is 8.20. The highest BCUT2D eigenvalue weighted by molar-refractivity contribution is 5.95. The molecule has 3 rings (SSSR count). The van der Waals surface area contributed by atoms with Gasteiger partial charge in [0.25, 0.3) is 0 Å². The SMILES string of the molecule is CCCNC(=O)Cn1nc(C)c2c(-c3ccc(F)cc3)ccnc21. The van der Waals surface area contributed by atoms with Crippen LogP contribution >= 0.6 is 0 Å². The van der Waals surface area contributed by atoms with E-state index in [2.05, 4.69) is 15.4 Å². The average molecular weight is 326 g/mol. The molecule has 0 saturated carbocycles. The normalized spacial score (nSPS) is 11.0. The van der Waals surface area contributed by atoms with Gasteiger partial charge in [-0.2, -0.15) is 5.10 Å². The molecule has 124 valence electrons. The second-order valence-corrected chi connectivity index (χ2v) is 5.66. The molecular formula is C18H19FN4O. The van der Waals surface area contributed by atoms with Gasteiger partial charge < -0.3 is 5.32 Å². The van der Waals surface area contributed by atoms with Gasteiger partial charge in [-0.05, 0) is 42.7 Å². The highest BCUT2D eigenvalue weighted by Gasteiger charge is 2.15. The van der Waals surface area contributed by atoms with Crippen molar-refractivity contribution >= 4 is 16.9 Å². The van der Waals surface area contributed by atoms with Crippen LogP contribution in [0.1, 0.15) is 19.0 Å². The van der Waals surface area contributed by atoms with Gasteiger partial charge in [0.1, 0.15) is 12.4 Å². The zero-order chi connectivity index (χ0) is 17.1. The quantitative estimate of drug-likeness (QED) is 0.784. The Bertz CT molecular complexity index is 871. The van der Waals surface area contributed by atoms with Gasteiger partial charge in [-0.25, -0.2) is 14.1 Å². The summed E-state index contributed by atoms with van der Waals surface area (Å²) in [4.78, 5) is 16.4. The van der Waals surface area contributed by atoms with Gasteiger partial charge in [-0.15, -0.1) is 0 Å². The van der Waals surface area contributed by atoms with E-state index in [9.17, 15) is 9.18 Å². The molecule has 1 amide bonds. The Labute approximate surface area is 139 Å². The highest BCUT2D eigenvalue weighted by atomic mass is 19.1. The van der Waals surface area contributed by atoms with Crippen LogP contribution < -0.4 is 5.32 Å². The second-order valence-electron chi connectivity index (χ2n) is 5.66. The lowest BCUT2D eigenvalue weighted by Crippen LogP contribution is -2.28. The fourth-order valence-electron chi connectivity index (χ4n) is 2.72. The zero-order valence-corrected chi connectivity index (χ0v) is 13.7. The van der Waals surface area contributed by atoms with E-state index in [1.54, 1.807) is 23.0 Å². The third-order valence-electron chi connectivity index (χ3n) is 3.83. The standard InChI is InChI=1S/C18H19FN4O/c1-3-9-20-16(24)11-23-18-17(12(2)22-23)15(8-10-21-18)13-4-6-14(19)7-5-13/h4-8,10H,3,9,11H2,1-2H3,(H,20,24). The van der Waals surface area contributed by atoms with Gasteiger partial charge in [-0.1, -0.05) is 19.1 Å². The van der Waals surface area contributed by atoms with Gasteiger partial charge in [0.05, 0.1) is 5.69 Å². The highest BCUT2D eigenvalue weighted by Crippen LogP contribution is 2.29. The Morgan fingerprint density at radius 3 is 2.71 bits per heavy atom. The van der Waals surface area contributed by atoms with E-state index in [1.165, 1.54) is 12.1 Å². The molecule has 0 saturated heterocycles. The second kappa shape index (κ2) is 6.78. The van der Waals surface area contributed by atoms with Crippen LogP contribution in [-0.2, 0) is 11.3 Å². The van der Waals surface area contributed by atoms with Crippen molar-refractivity contribution in [3.05, 3.63) is 48.0 Å². The number of hydrogen-bond acceptors (Lipinski definition) is 3. The number of carbonyl (C=O) groups is 1. The molecule has 24 heavy (non-hydrogen) atoms. The fraction of sp³-hybridized carbons (Fsp3) is 0.278. The molecule has 0 atom stereocenters. The van der Waals surface area contributed by atoms with Gasteiger partial charge in [0.2, 0.25) is 5.91 Å². The minimum atomic E-state index is -0.274. The summed E-state index contributed by atoms with van der Waals surface area (Å²) < 4.78 is 14.8. The molecule has 0 aliphatic heterocycles. The number of fused-ring (bicyclic) bond motifs is 1. The number of pyridine rings is 1. The molecule has 0 unspecified atom stereocenters. The number of benzene rings is 1. The van der Waals surface area contributed by atoms with Crippen LogP contribution in [0.2, 0.25) is 0 Å². The predicted octanol–water partition coefficient (Wildman–Crippen LogP) is 3.07. The van der Waals surface area contributed by atoms with Crippen LogP contribution in [0.15, 0.2) is 36.5 Å². The molecule has 0 bridgehead atoms. The topological polar surface area (TPSA) is 59.8 Å². The summed E-state index contributed by atoms with van der Waals surface area (Å²) in [5, 5.41) is 8.18. The first-order valence-electron chi connectivity index (χ1n) is 7.95. The van der Waals surface area contributed by atoms with Crippen molar-refractivity contribution in [3.63, 3.8) is 0 Å². The maximum atomic E-state index is 13.2. The van der Waals surface area contributed by atoms with Crippen LogP contribution in [0.3, 0.4) is 0 Å². The molecule has 0 aliphatic rings. The number of nitrogens with one attached hydrogen (secondary N) is 1. The lowest BCUT2D eigenvalue weighted by atomic mass is 10.0. The maximum absolute atomic E-state index is 13.2. The number of rotatable bonds is 5. The van der Waals surface area contributed by atoms with E-state index in [-0.39, 0.29) is 18.3 Å². The van der Waals surface area contributed by atoms with E-state index < -0.39 is 0 Å². The van der Waals surface area contributed by atoms with Gasteiger partial charge in [-0.3, -0.25) is 4.79 Å². The largest absolute Gasteiger partial charge is 0.355 e. The van der Waals surface area contributed by atoms with E-state index in [1.807, 2.05) is 19.9 Å². The summed E-state index contributed by atoms with van der Waals surface area (Å²) in [7, 11) is 0. The van der Waals surface area contributed by atoms with E-state index in [0.717, 1.165) is 28.6 Å². The van der Waals surface area contributed by atoms with Crippen molar-refractivity contribution in [2.75, 3.05) is 6.54 Å². The molecule has 1 aromatic carbocycles. The molecular weight excluding hydrogens is 307 g/mol. The van der Waals surface area contributed by atoms with Crippen molar-refractivity contribution in [1.82, 2.24) is 20.1 Å². The monoisotopic (exact) mass is 326 g/mol. The Morgan fingerprint density at radius 1 is 1.25 bits per heavy atom. The molecule has 6 heteroatoms. The number of nitrogens with zero attached hydrogens (tertiary/aromatic N) is 3. The molecule has 0 fully saturated rings.